The Morgan fingerprint density at radius 3 is 2.83 bits per heavy atom. The molecule has 0 saturated heterocycles. The number of amides is 1. The lowest BCUT2D eigenvalue weighted by molar-refractivity contribution is 0.0739. The molecule has 0 spiro atoms. The van der Waals surface area contributed by atoms with Crippen molar-refractivity contribution in [2.24, 2.45) is 0 Å². The van der Waals surface area contributed by atoms with Crippen molar-refractivity contribution in [3.63, 3.8) is 0 Å². The fourth-order valence-corrected chi connectivity index (χ4v) is 2.97. The number of benzene rings is 1. The molecule has 0 aliphatic carbocycles. The van der Waals surface area contributed by atoms with Crippen LogP contribution in [-0.4, -0.2) is 32.6 Å². The van der Waals surface area contributed by atoms with Gasteiger partial charge in [0.25, 0.3) is 5.91 Å². The maximum absolute atomic E-state index is 12.9. The largest absolute Gasteiger partial charge is 0.357 e. The van der Waals surface area contributed by atoms with Crippen LogP contribution in [0.2, 0.25) is 0 Å². The third-order valence-corrected chi connectivity index (χ3v) is 4.53. The Morgan fingerprint density at radius 1 is 1.38 bits per heavy atom. The summed E-state index contributed by atoms with van der Waals surface area (Å²) in [5.74, 6) is 0.000934. The molecule has 0 fully saturated rings. The van der Waals surface area contributed by atoms with Gasteiger partial charge < -0.3 is 9.88 Å². The number of hydrogen-bond acceptors (Lipinski definition) is 2. The van der Waals surface area contributed by atoms with Gasteiger partial charge in [0.1, 0.15) is 0 Å². The second-order valence-corrected chi connectivity index (χ2v) is 6.30. The maximum atomic E-state index is 12.9. The van der Waals surface area contributed by atoms with Crippen LogP contribution >= 0.6 is 0 Å². The maximum Gasteiger partial charge on any atom is 0.257 e. The minimum atomic E-state index is -0.0428. The molecule has 0 aliphatic heterocycles. The first-order valence-corrected chi connectivity index (χ1v) is 8.40. The van der Waals surface area contributed by atoms with Crippen molar-refractivity contribution in [1.29, 1.82) is 0 Å². The van der Waals surface area contributed by atoms with Crippen molar-refractivity contribution in [3.8, 4) is 0 Å². The first kappa shape index (κ1) is 16.3. The number of hydrogen-bond donors (Lipinski definition) is 1. The van der Waals surface area contributed by atoms with Gasteiger partial charge in [-0.2, -0.15) is 5.10 Å². The fourth-order valence-electron chi connectivity index (χ4n) is 2.97. The number of aromatic nitrogens is 3. The topological polar surface area (TPSA) is 53.9 Å². The van der Waals surface area contributed by atoms with Crippen LogP contribution in [0.4, 0.5) is 0 Å². The molecule has 5 heteroatoms. The van der Waals surface area contributed by atoms with Crippen molar-refractivity contribution in [3.05, 3.63) is 53.5 Å². The number of carbonyl (C=O) groups excluding carboxylic acids is 1. The van der Waals surface area contributed by atoms with Crippen LogP contribution in [-0.2, 0) is 6.54 Å². The van der Waals surface area contributed by atoms with E-state index >= 15 is 0 Å². The summed E-state index contributed by atoms with van der Waals surface area (Å²) < 4.78 is 1.85. The third kappa shape index (κ3) is 2.94. The summed E-state index contributed by atoms with van der Waals surface area (Å²) in [6, 6.07) is 10.2. The summed E-state index contributed by atoms with van der Waals surface area (Å²) in [5, 5.41) is 5.59. The van der Waals surface area contributed by atoms with Gasteiger partial charge in [0.2, 0.25) is 0 Å². The Bertz CT molecular complexity index is 828. The first-order valence-electron chi connectivity index (χ1n) is 8.40. The Balaban J connectivity index is 1.84. The SMILES string of the molecule is CCCn1cc(C(=O)N(C)C(C)c2cc3ccccc3[nH]2)c(C)n1. The molecule has 3 aromatic rings. The highest BCUT2D eigenvalue weighted by molar-refractivity contribution is 5.95. The van der Waals surface area contributed by atoms with Gasteiger partial charge in [-0.25, -0.2) is 0 Å². The van der Waals surface area contributed by atoms with Gasteiger partial charge in [-0.3, -0.25) is 9.48 Å². The smallest absolute Gasteiger partial charge is 0.257 e. The highest BCUT2D eigenvalue weighted by Gasteiger charge is 2.23. The zero-order valence-electron chi connectivity index (χ0n) is 14.7. The molecule has 0 saturated carbocycles. The van der Waals surface area contributed by atoms with Gasteiger partial charge in [-0.1, -0.05) is 25.1 Å². The fraction of sp³-hybridized carbons (Fsp3) is 0.368. The molecule has 126 valence electrons. The van der Waals surface area contributed by atoms with Crippen LogP contribution in [0.1, 0.15) is 48.1 Å². The normalized spacial score (nSPS) is 12.5. The predicted octanol–water partition coefficient (Wildman–Crippen LogP) is 3.92. The van der Waals surface area contributed by atoms with Crippen molar-refractivity contribution in [2.75, 3.05) is 7.05 Å². The van der Waals surface area contributed by atoms with Crippen LogP contribution in [0.5, 0.6) is 0 Å². The van der Waals surface area contributed by atoms with Crippen LogP contribution in [0.3, 0.4) is 0 Å². The number of fused-ring (bicyclic) bond motifs is 1. The van der Waals surface area contributed by atoms with E-state index in [4.69, 9.17) is 0 Å². The quantitative estimate of drug-likeness (QED) is 0.773. The molecular weight excluding hydrogens is 300 g/mol. The van der Waals surface area contributed by atoms with Crippen molar-refractivity contribution >= 4 is 16.8 Å². The second kappa shape index (κ2) is 6.51. The summed E-state index contributed by atoms with van der Waals surface area (Å²) in [6.45, 7) is 6.85. The highest BCUT2D eigenvalue weighted by Crippen LogP contribution is 2.24. The van der Waals surface area contributed by atoms with E-state index in [-0.39, 0.29) is 11.9 Å². The van der Waals surface area contributed by atoms with Gasteiger partial charge in [0, 0.05) is 31.0 Å². The Hall–Kier alpha value is -2.56. The van der Waals surface area contributed by atoms with E-state index in [1.807, 2.05) is 50.0 Å². The molecule has 2 heterocycles. The van der Waals surface area contributed by atoms with E-state index in [1.54, 1.807) is 4.90 Å². The second-order valence-electron chi connectivity index (χ2n) is 6.30. The summed E-state index contributed by atoms with van der Waals surface area (Å²) in [4.78, 5) is 18.0. The van der Waals surface area contributed by atoms with Crippen LogP contribution in [0, 0.1) is 6.92 Å². The number of para-hydroxylation sites is 1. The summed E-state index contributed by atoms with van der Waals surface area (Å²) >= 11 is 0. The lowest BCUT2D eigenvalue weighted by Gasteiger charge is -2.24. The molecule has 5 nitrogen and oxygen atoms in total. The molecule has 1 amide bonds. The third-order valence-electron chi connectivity index (χ3n) is 4.53. The van der Waals surface area contributed by atoms with Crippen molar-refractivity contribution < 1.29 is 4.79 Å². The van der Waals surface area contributed by atoms with Gasteiger partial charge in [0.05, 0.1) is 17.3 Å². The number of H-pyrrole nitrogens is 1. The number of nitrogens with one attached hydrogen (secondary N) is 1. The van der Waals surface area contributed by atoms with Gasteiger partial charge in [0.15, 0.2) is 0 Å². The monoisotopic (exact) mass is 324 g/mol. The molecule has 0 bridgehead atoms. The van der Waals surface area contributed by atoms with Crippen molar-refractivity contribution in [1.82, 2.24) is 19.7 Å². The standard InChI is InChI=1S/C19H24N4O/c1-5-10-23-12-16(13(2)21-23)19(24)22(4)14(3)18-11-15-8-6-7-9-17(15)20-18/h6-9,11-12,14,20H,5,10H2,1-4H3. The van der Waals surface area contributed by atoms with E-state index in [0.717, 1.165) is 35.3 Å². The average molecular weight is 324 g/mol. The Kier molecular flexibility index (Phi) is 4.42. The number of aromatic amines is 1. The summed E-state index contributed by atoms with van der Waals surface area (Å²) in [5.41, 5.74) is 3.58. The number of carbonyl (C=O) groups is 1. The lowest BCUT2D eigenvalue weighted by Crippen LogP contribution is -2.30. The number of aryl methyl sites for hydroxylation is 2. The molecule has 1 atom stereocenters. The van der Waals surface area contributed by atoms with E-state index in [9.17, 15) is 4.79 Å². The van der Waals surface area contributed by atoms with E-state index < -0.39 is 0 Å². The average Bonchev–Trinajstić information content (AvgIpc) is 3.16. The van der Waals surface area contributed by atoms with Gasteiger partial charge in [-0.15, -0.1) is 0 Å². The zero-order valence-corrected chi connectivity index (χ0v) is 14.7. The zero-order chi connectivity index (χ0) is 17.3. The first-order chi connectivity index (χ1) is 11.5. The summed E-state index contributed by atoms with van der Waals surface area (Å²) in [6.07, 6.45) is 2.85. The molecule has 1 N–H and O–H groups in total. The molecule has 1 aromatic carbocycles. The highest BCUT2D eigenvalue weighted by atomic mass is 16.2. The number of rotatable bonds is 5. The van der Waals surface area contributed by atoms with Gasteiger partial charge >= 0.3 is 0 Å². The van der Waals surface area contributed by atoms with Gasteiger partial charge in [-0.05, 0) is 37.8 Å². The molecule has 3 rings (SSSR count). The molecule has 2 aromatic heterocycles. The van der Waals surface area contributed by atoms with Crippen LogP contribution in [0.25, 0.3) is 10.9 Å². The molecule has 0 radical (unpaired) electrons. The Morgan fingerprint density at radius 2 is 2.12 bits per heavy atom. The molecule has 24 heavy (non-hydrogen) atoms. The minimum absolute atomic E-state index is 0.000934. The summed E-state index contributed by atoms with van der Waals surface area (Å²) in [7, 11) is 1.84. The van der Waals surface area contributed by atoms with E-state index in [2.05, 4.69) is 29.1 Å². The van der Waals surface area contributed by atoms with E-state index in [1.165, 1.54) is 0 Å². The van der Waals surface area contributed by atoms with Crippen molar-refractivity contribution in [2.45, 2.75) is 39.8 Å². The van der Waals surface area contributed by atoms with Crippen LogP contribution < -0.4 is 0 Å². The Labute approximate surface area is 142 Å². The minimum Gasteiger partial charge on any atom is -0.357 e. The predicted molar refractivity (Wildman–Crippen MR) is 96.1 cm³/mol. The molecular formula is C19H24N4O. The van der Waals surface area contributed by atoms with E-state index in [0.29, 0.717) is 5.56 Å². The lowest BCUT2D eigenvalue weighted by atomic mass is 10.1. The molecule has 0 aliphatic rings. The molecule has 1 unspecified atom stereocenters. The number of nitrogens with zero attached hydrogens (tertiary/aromatic N) is 3. The van der Waals surface area contributed by atoms with Crippen LogP contribution in [0.15, 0.2) is 36.5 Å².